The number of amides is 1. The molecule has 1 aliphatic heterocycles. The summed E-state index contributed by atoms with van der Waals surface area (Å²) in [5, 5.41) is 3.41. The average molecular weight is 377 g/mol. The summed E-state index contributed by atoms with van der Waals surface area (Å²) in [6.45, 7) is 7.95. The molecule has 150 valence electrons. The number of nitrogens with zero attached hydrogens (tertiary/aromatic N) is 4. The molecule has 0 atom stereocenters. The lowest BCUT2D eigenvalue weighted by Gasteiger charge is -2.44. The van der Waals surface area contributed by atoms with Crippen LogP contribution in [0.4, 0.5) is 22.4 Å². The van der Waals surface area contributed by atoms with Gasteiger partial charge in [-0.3, -0.25) is 0 Å². The van der Waals surface area contributed by atoms with Crippen LogP contribution in [0.15, 0.2) is 6.07 Å². The number of carbonyl (C=O) groups excluding carboxylic acids is 1. The van der Waals surface area contributed by atoms with E-state index >= 15 is 0 Å². The molecule has 2 heterocycles. The van der Waals surface area contributed by atoms with Gasteiger partial charge in [0.1, 0.15) is 17.2 Å². The number of nitrogens with one attached hydrogen (secondary N) is 1. The van der Waals surface area contributed by atoms with Gasteiger partial charge in [0.05, 0.1) is 6.04 Å². The highest BCUT2D eigenvalue weighted by Gasteiger charge is 2.35. The van der Waals surface area contributed by atoms with E-state index in [0.29, 0.717) is 13.1 Å². The summed E-state index contributed by atoms with van der Waals surface area (Å²) in [4.78, 5) is 24.6. The van der Waals surface area contributed by atoms with Gasteiger partial charge in [-0.05, 0) is 39.5 Å². The van der Waals surface area contributed by atoms with Crippen molar-refractivity contribution < 1.29 is 9.53 Å². The van der Waals surface area contributed by atoms with E-state index in [1.165, 1.54) is 25.7 Å². The van der Waals surface area contributed by atoms with Crippen molar-refractivity contribution in [2.45, 2.75) is 58.1 Å². The molecular formula is C19H32N6O2. The zero-order chi connectivity index (χ0) is 19.6. The molecule has 0 unspecified atom stereocenters. The van der Waals surface area contributed by atoms with Crippen molar-refractivity contribution in [3.63, 3.8) is 0 Å². The Kier molecular flexibility index (Phi) is 5.62. The normalized spacial score (nSPS) is 18.3. The Labute approximate surface area is 161 Å². The van der Waals surface area contributed by atoms with Crippen LogP contribution < -0.4 is 16.0 Å². The lowest BCUT2D eigenvalue weighted by atomic mass is 10.1. The summed E-state index contributed by atoms with van der Waals surface area (Å²) < 4.78 is 5.43. The first kappa shape index (κ1) is 19.5. The first-order valence-electron chi connectivity index (χ1n) is 9.80. The van der Waals surface area contributed by atoms with Gasteiger partial charge in [0.2, 0.25) is 5.95 Å². The molecule has 27 heavy (non-hydrogen) atoms. The van der Waals surface area contributed by atoms with Crippen molar-refractivity contribution >= 4 is 23.7 Å². The number of nitrogens with two attached hydrogens (primary N) is 1. The van der Waals surface area contributed by atoms with E-state index in [1.807, 2.05) is 26.8 Å². The Morgan fingerprint density at radius 3 is 2.63 bits per heavy atom. The van der Waals surface area contributed by atoms with Crippen molar-refractivity contribution in [3.05, 3.63) is 6.07 Å². The third-order valence-electron chi connectivity index (χ3n) is 5.19. The highest BCUT2D eigenvalue weighted by molar-refractivity contribution is 5.69. The Morgan fingerprint density at radius 1 is 1.33 bits per heavy atom. The number of hydrogen-bond acceptors (Lipinski definition) is 7. The molecule has 0 spiro atoms. The van der Waals surface area contributed by atoms with Crippen LogP contribution >= 0.6 is 0 Å². The minimum atomic E-state index is -0.490. The quantitative estimate of drug-likeness (QED) is 0.815. The highest BCUT2D eigenvalue weighted by Crippen LogP contribution is 2.27. The Hall–Kier alpha value is -2.25. The van der Waals surface area contributed by atoms with Gasteiger partial charge in [-0.25, -0.2) is 4.79 Å². The van der Waals surface area contributed by atoms with E-state index in [4.69, 9.17) is 10.5 Å². The molecule has 8 heteroatoms. The molecule has 1 aliphatic carbocycles. The molecular weight excluding hydrogens is 344 g/mol. The maximum absolute atomic E-state index is 12.2. The summed E-state index contributed by atoms with van der Waals surface area (Å²) in [5.74, 6) is 2.56. The number of ether oxygens (including phenoxy) is 1. The van der Waals surface area contributed by atoms with Crippen molar-refractivity contribution in [2.24, 2.45) is 5.92 Å². The van der Waals surface area contributed by atoms with Gasteiger partial charge in [0, 0.05) is 32.7 Å². The van der Waals surface area contributed by atoms with E-state index in [-0.39, 0.29) is 18.1 Å². The third-order valence-corrected chi connectivity index (χ3v) is 5.19. The molecule has 0 bridgehead atoms. The van der Waals surface area contributed by atoms with Crippen LogP contribution in [-0.4, -0.2) is 59.3 Å². The lowest BCUT2D eigenvalue weighted by Crippen LogP contribution is -2.60. The van der Waals surface area contributed by atoms with Crippen LogP contribution in [0.2, 0.25) is 0 Å². The van der Waals surface area contributed by atoms with Gasteiger partial charge in [-0.15, -0.1) is 0 Å². The molecule has 3 rings (SSSR count). The third kappa shape index (κ3) is 5.14. The smallest absolute Gasteiger partial charge is 0.410 e. The Bertz CT molecular complexity index is 663. The maximum Gasteiger partial charge on any atom is 0.410 e. The van der Waals surface area contributed by atoms with E-state index in [1.54, 1.807) is 11.9 Å². The fraction of sp³-hybridized carbons (Fsp3) is 0.737. The van der Waals surface area contributed by atoms with Crippen molar-refractivity contribution in [1.82, 2.24) is 14.9 Å². The molecule has 2 fully saturated rings. The van der Waals surface area contributed by atoms with E-state index in [0.717, 1.165) is 24.1 Å². The monoisotopic (exact) mass is 376 g/mol. The minimum Gasteiger partial charge on any atom is -0.444 e. The molecule has 0 aromatic carbocycles. The largest absolute Gasteiger partial charge is 0.444 e. The van der Waals surface area contributed by atoms with E-state index in [2.05, 4.69) is 20.2 Å². The number of rotatable bonds is 5. The van der Waals surface area contributed by atoms with Crippen LogP contribution in [0.5, 0.6) is 0 Å². The van der Waals surface area contributed by atoms with Gasteiger partial charge >= 0.3 is 6.09 Å². The first-order valence-corrected chi connectivity index (χ1v) is 9.80. The SMILES string of the molecule is CN(C(=O)OC(C)(C)C)C1CN(c2cc(NCC3CCCC3)nc(N)n2)C1. The molecule has 1 saturated heterocycles. The predicted molar refractivity (Wildman–Crippen MR) is 107 cm³/mol. The zero-order valence-corrected chi connectivity index (χ0v) is 16.9. The summed E-state index contributed by atoms with van der Waals surface area (Å²) in [5.41, 5.74) is 5.41. The van der Waals surface area contributed by atoms with E-state index in [9.17, 15) is 4.79 Å². The van der Waals surface area contributed by atoms with Gasteiger partial charge in [-0.2, -0.15) is 9.97 Å². The predicted octanol–water partition coefficient (Wildman–Crippen LogP) is 2.72. The second-order valence-corrected chi connectivity index (χ2v) is 8.65. The number of nitrogen functional groups attached to an aromatic ring is 1. The fourth-order valence-corrected chi connectivity index (χ4v) is 3.54. The molecule has 1 saturated carbocycles. The van der Waals surface area contributed by atoms with Gasteiger partial charge in [0.25, 0.3) is 0 Å². The molecule has 2 aliphatic rings. The van der Waals surface area contributed by atoms with Crippen LogP contribution in [0.25, 0.3) is 0 Å². The second-order valence-electron chi connectivity index (χ2n) is 8.65. The number of aromatic nitrogens is 2. The van der Waals surface area contributed by atoms with Crippen LogP contribution in [0.3, 0.4) is 0 Å². The maximum atomic E-state index is 12.2. The molecule has 1 aromatic rings. The summed E-state index contributed by atoms with van der Waals surface area (Å²) in [7, 11) is 1.78. The molecule has 8 nitrogen and oxygen atoms in total. The van der Waals surface area contributed by atoms with Gasteiger partial charge in [-0.1, -0.05) is 12.8 Å². The van der Waals surface area contributed by atoms with Gasteiger partial charge < -0.3 is 25.6 Å². The topological polar surface area (TPSA) is 96.6 Å². The summed E-state index contributed by atoms with van der Waals surface area (Å²) in [6.07, 6.45) is 4.91. The lowest BCUT2D eigenvalue weighted by molar-refractivity contribution is 0.0196. The van der Waals surface area contributed by atoms with Crippen LogP contribution in [0.1, 0.15) is 46.5 Å². The number of anilines is 3. The van der Waals surface area contributed by atoms with Crippen molar-refractivity contribution in [3.8, 4) is 0 Å². The van der Waals surface area contributed by atoms with Crippen molar-refractivity contribution in [2.75, 3.05) is 42.6 Å². The zero-order valence-electron chi connectivity index (χ0n) is 16.9. The van der Waals surface area contributed by atoms with E-state index < -0.39 is 5.60 Å². The molecule has 1 aromatic heterocycles. The molecule has 0 radical (unpaired) electrons. The van der Waals surface area contributed by atoms with Gasteiger partial charge in [0.15, 0.2) is 0 Å². The summed E-state index contributed by atoms with van der Waals surface area (Å²) >= 11 is 0. The van der Waals surface area contributed by atoms with Crippen LogP contribution in [-0.2, 0) is 4.74 Å². The first-order chi connectivity index (χ1) is 12.7. The summed E-state index contributed by atoms with van der Waals surface area (Å²) in [6, 6.07) is 2.04. The Balaban J connectivity index is 1.54. The fourth-order valence-electron chi connectivity index (χ4n) is 3.54. The number of likely N-dealkylation sites (N-methyl/N-ethyl adjacent to an activating group) is 1. The average Bonchev–Trinajstić information content (AvgIpc) is 3.02. The number of hydrogen-bond donors (Lipinski definition) is 2. The second kappa shape index (κ2) is 7.78. The number of carbonyl (C=O) groups is 1. The van der Waals surface area contributed by atoms with Crippen LogP contribution in [0, 0.1) is 5.92 Å². The Morgan fingerprint density at radius 2 is 2.00 bits per heavy atom. The highest BCUT2D eigenvalue weighted by atomic mass is 16.6. The molecule has 3 N–H and O–H groups in total. The minimum absolute atomic E-state index is 0.103. The van der Waals surface area contributed by atoms with Crippen molar-refractivity contribution in [1.29, 1.82) is 0 Å². The standard InChI is InChI=1S/C19H32N6O2/c1-19(2,3)27-18(26)24(4)14-11-25(12-14)16-9-15(22-17(20)23-16)21-10-13-7-5-6-8-13/h9,13-14H,5-8,10-12H2,1-4H3,(H3,20,21,22,23). The molecule has 1 amide bonds.